The lowest BCUT2D eigenvalue weighted by atomic mass is 10.1. The van der Waals surface area contributed by atoms with Crippen molar-refractivity contribution in [3.63, 3.8) is 0 Å². The summed E-state index contributed by atoms with van der Waals surface area (Å²) in [6.07, 6.45) is 2.05. The Bertz CT molecular complexity index is 191. The van der Waals surface area contributed by atoms with E-state index in [2.05, 4.69) is 17.3 Å². The lowest BCUT2D eigenvalue weighted by molar-refractivity contribution is -0.126. The van der Waals surface area contributed by atoms with Gasteiger partial charge in [0.05, 0.1) is 6.61 Å². The van der Waals surface area contributed by atoms with Gasteiger partial charge in [-0.1, -0.05) is 0 Å². The molecule has 0 bridgehead atoms. The summed E-state index contributed by atoms with van der Waals surface area (Å²) < 4.78 is 5.06. The van der Waals surface area contributed by atoms with Gasteiger partial charge >= 0.3 is 0 Å². The summed E-state index contributed by atoms with van der Waals surface area (Å²) in [6, 6.07) is 0.315. The van der Waals surface area contributed by atoms with E-state index in [9.17, 15) is 4.79 Å². The number of likely N-dealkylation sites (tertiary alicyclic amines) is 1. The van der Waals surface area contributed by atoms with Gasteiger partial charge in [-0.15, -0.1) is 0 Å². The highest BCUT2D eigenvalue weighted by Crippen LogP contribution is 2.07. The van der Waals surface area contributed by atoms with Crippen molar-refractivity contribution in [2.24, 2.45) is 5.73 Å². The van der Waals surface area contributed by atoms with Gasteiger partial charge in [-0.2, -0.15) is 0 Å². The quantitative estimate of drug-likeness (QED) is 0.588. The molecule has 88 valence electrons. The number of rotatable bonds is 5. The number of ether oxygens (including phenoxy) is 1. The summed E-state index contributed by atoms with van der Waals surface area (Å²) in [4.78, 5) is 13.6. The highest BCUT2D eigenvalue weighted by molar-refractivity contribution is 5.77. The molecule has 0 aromatic rings. The number of nitrogens with one attached hydrogen (secondary N) is 1. The van der Waals surface area contributed by atoms with Crippen molar-refractivity contribution in [3.05, 3.63) is 0 Å². The summed E-state index contributed by atoms with van der Waals surface area (Å²) in [6.45, 7) is 3.13. The minimum atomic E-state index is -0.0296. The zero-order chi connectivity index (χ0) is 11.1. The largest absolute Gasteiger partial charge is 0.370 e. The third-order valence-corrected chi connectivity index (χ3v) is 2.58. The highest BCUT2D eigenvalue weighted by Gasteiger charge is 2.17. The maximum atomic E-state index is 11.4. The lowest BCUT2D eigenvalue weighted by Crippen LogP contribution is -2.44. The van der Waals surface area contributed by atoms with Gasteiger partial charge in [0.25, 0.3) is 0 Å². The Hall–Kier alpha value is -0.650. The predicted octanol–water partition coefficient (Wildman–Crippen LogP) is -0.828. The summed E-state index contributed by atoms with van der Waals surface area (Å²) >= 11 is 0. The highest BCUT2D eigenvalue weighted by atomic mass is 16.5. The standard InChI is InChI=1S/C10H21N3O2/c1-13-5-2-9(3-6-13)12-10(14)8-15-7-4-11/h9H,2-8,11H2,1H3,(H,12,14). The van der Waals surface area contributed by atoms with Crippen LogP contribution >= 0.6 is 0 Å². The van der Waals surface area contributed by atoms with Crippen LogP contribution < -0.4 is 11.1 Å². The first-order chi connectivity index (χ1) is 7.22. The molecular weight excluding hydrogens is 194 g/mol. The molecule has 5 nitrogen and oxygen atoms in total. The molecule has 0 atom stereocenters. The first kappa shape index (κ1) is 12.4. The van der Waals surface area contributed by atoms with E-state index >= 15 is 0 Å². The molecule has 0 spiro atoms. The van der Waals surface area contributed by atoms with E-state index in [-0.39, 0.29) is 12.5 Å². The van der Waals surface area contributed by atoms with Crippen LogP contribution in [-0.2, 0) is 9.53 Å². The maximum Gasteiger partial charge on any atom is 0.246 e. The molecule has 0 aliphatic carbocycles. The minimum Gasteiger partial charge on any atom is -0.370 e. The van der Waals surface area contributed by atoms with Crippen LogP contribution in [-0.4, -0.2) is 56.7 Å². The predicted molar refractivity (Wildman–Crippen MR) is 58.5 cm³/mol. The first-order valence-corrected chi connectivity index (χ1v) is 5.48. The fourth-order valence-corrected chi connectivity index (χ4v) is 1.67. The number of nitrogens with zero attached hydrogens (tertiary/aromatic N) is 1. The topological polar surface area (TPSA) is 67.6 Å². The Morgan fingerprint density at radius 1 is 1.53 bits per heavy atom. The van der Waals surface area contributed by atoms with E-state index in [1.807, 2.05) is 0 Å². The smallest absolute Gasteiger partial charge is 0.246 e. The molecule has 1 amide bonds. The van der Waals surface area contributed by atoms with E-state index < -0.39 is 0 Å². The Balaban J connectivity index is 2.09. The first-order valence-electron chi connectivity index (χ1n) is 5.48. The van der Waals surface area contributed by atoms with Crippen LogP contribution in [0.2, 0.25) is 0 Å². The number of amides is 1. The average Bonchev–Trinajstić information content (AvgIpc) is 2.22. The van der Waals surface area contributed by atoms with Crippen LogP contribution in [0.1, 0.15) is 12.8 Å². The molecule has 5 heteroatoms. The third kappa shape index (κ3) is 5.11. The maximum absolute atomic E-state index is 11.4. The van der Waals surface area contributed by atoms with E-state index in [0.717, 1.165) is 25.9 Å². The molecule has 1 heterocycles. The van der Waals surface area contributed by atoms with Gasteiger partial charge in [-0.3, -0.25) is 4.79 Å². The molecule has 15 heavy (non-hydrogen) atoms. The number of carbonyl (C=O) groups is 1. The molecular formula is C10H21N3O2. The normalized spacial score (nSPS) is 19.1. The summed E-state index contributed by atoms with van der Waals surface area (Å²) in [5, 5.41) is 2.97. The van der Waals surface area contributed by atoms with Crippen molar-refractivity contribution in [2.45, 2.75) is 18.9 Å². The second-order valence-corrected chi connectivity index (χ2v) is 3.99. The van der Waals surface area contributed by atoms with Crippen LogP contribution in [0, 0.1) is 0 Å². The Morgan fingerprint density at radius 3 is 2.80 bits per heavy atom. The number of carbonyl (C=O) groups excluding carboxylic acids is 1. The third-order valence-electron chi connectivity index (χ3n) is 2.58. The Labute approximate surface area is 90.9 Å². The molecule has 0 radical (unpaired) electrons. The van der Waals surface area contributed by atoms with Crippen molar-refractivity contribution in [1.82, 2.24) is 10.2 Å². The van der Waals surface area contributed by atoms with Gasteiger partial charge in [-0.05, 0) is 33.0 Å². The van der Waals surface area contributed by atoms with Gasteiger partial charge in [-0.25, -0.2) is 0 Å². The number of nitrogens with two attached hydrogens (primary N) is 1. The van der Waals surface area contributed by atoms with E-state index in [0.29, 0.717) is 19.2 Å². The molecule has 0 saturated carbocycles. The molecule has 1 aliphatic rings. The average molecular weight is 215 g/mol. The van der Waals surface area contributed by atoms with Gasteiger partial charge in [0.1, 0.15) is 6.61 Å². The minimum absolute atomic E-state index is 0.0296. The molecule has 1 rings (SSSR count). The van der Waals surface area contributed by atoms with Gasteiger partial charge < -0.3 is 20.7 Å². The Morgan fingerprint density at radius 2 is 2.20 bits per heavy atom. The van der Waals surface area contributed by atoms with Crippen molar-refractivity contribution in [2.75, 3.05) is 39.9 Å². The zero-order valence-corrected chi connectivity index (χ0v) is 9.37. The molecule has 1 aliphatic heterocycles. The van der Waals surface area contributed by atoms with E-state index in [1.54, 1.807) is 0 Å². The van der Waals surface area contributed by atoms with Gasteiger partial charge in [0.15, 0.2) is 0 Å². The van der Waals surface area contributed by atoms with Crippen molar-refractivity contribution in [1.29, 1.82) is 0 Å². The fourth-order valence-electron chi connectivity index (χ4n) is 1.67. The lowest BCUT2D eigenvalue weighted by Gasteiger charge is -2.29. The van der Waals surface area contributed by atoms with Gasteiger partial charge in [0.2, 0.25) is 5.91 Å². The molecule has 1 fully saturated rings. The Kier molecular flexibility index (Phi) is 5.60. The SMILES string of the molecule is CN1CCC(NC(=O)COCCN)CC1. The zero-order valence-electron chi connectivity index (χ0n) is 9.37. The van der Waals surface area contributed by atoms with Crippen LogP contribution in [0.5, 0.6) is 0 Å². The second-order valence-electron chi connectivity index (χ2n) is 3.99. The van der Waals surface area contributed by atoms with Crippen LogP contribution in [0.4, 0.5) is 0 Å². The number of hydrogen-bond acceptors (Lipinski definition) is 4. The second kappa shape index (κ2) is 6.76. The summed E-state index contributed by atoms with van der Waals surface area (Å²) in [5.41, 5.74) is 5.25. The molecule has 0 aromatic heterocycles. The summed E-state index contributed by atoms with van der Waals surface area (Å²) in [5.74, 6) is -0.0296. The van der Waals surface area contributed by atoms with Gasteiger partial charge in [0, 0.05) is 12.6 Å². The monoisotopic (exact) mass is 215 g/mol. The van der Waals surface area contributed by atoms with Crippen molar-refractivity contribution >= 4 is 5.91 Å². The van der Waals surface area contributed by atoms with E-state index in [4.69, 9.17) is 10.5 Å². The van der Waals surface area contributed by atoms with Crippen LogP contribution in [0.3, 0.4) is 0 Å². The van der Waals surface area contributed by atoms with Crippen LogP contribution in [0.25, 0.3) is 0 Å². The number of piperidine rings is 1. The van der Waals surface area contributed by atoms with Crippen molar-refractivity contribution < 1.29 is 9.53 Å². The van der Waals surface area contributed by atoms with Crippen LogP contribution in [0.15, 0.2) is 0 Å². The fraction of sp³-hybridized carbons (Fsp3) is 0.900. The summed E-state index contributed by atoms with van der Waals surface area (Å²) in [7, 11) is 2.10. The van der Waals surface area contributed by atoms with E-state index in [1.165, 1.54) is 0 Å². The number of hydrogen-bond donors (Lipinski definition) is 2. The molecule has 1 saturated heterocycles. The molecule has 0 unspecified atom stereocenters. The molecule has 3 N–H and O–H groups in total. The molecule has 0 aromatic carbocycles. The van der Waals surface area contributed by atoms with Crippen molar-refractivity contribution in [3.8, 4) is 0 Å².